The molecule has 1 N–H and O–H groups in total. The van der Waals surface area contributed by atoms with Crippen LogP contribution in [-0.2, 0) is 11.3 Å². The first-order valence-electron chi connectivity index (χ1n) is 8.15. The highest BCUT2D eigenvalue weighted by molar-refractivity contribution is 5.67. The van der Waals surface area contributed by atoms with Crippen LogP contribution in [0.4, 0.5) is 4.79 Å². The van der Waals surface area contributed by atoms with Gasteiger partial charge < -0.3 is 29.2 Å². The number of carbonyl (C=O) groups excluding carboxylic acids is 1. The van der Waals surface area contributed by atoms with Crippen LogP contribution in [0, 0.1) is 0 Å². The summed E-state index contributed by atoms with van der Waals surface area (Å²) in [4.78, 5) is 13.4. The summed E-state index contributed by atoms with van der Waals surface area (Å²) in [5.74, 6) is 1.98. The van der Waals surface area contributed by atoms with E-state index in [1.807, 2.05) is 26.8 Å². The SMILES string of the molecule is COc1cc(OC)c(OC)cc1CNCCN(C)C(=O)OC(C)(C)C. The first-order chi connectivity index (χ1) is 11.7. The summed E-state index contributed by atoms with van der Waals surface area (Å²) in [7, 11) is 6.51. The average Bonchev–Trinajstić information content (AvgIpc) is 2.56. The molecule has 0 aromatic heterocycles. The number of rotatable bonds is 8. The molecule has 0 aliphatic carbocycles. The van der Waals surface area contributed by atoms with Crippen molar-refractivity contribution >= 4 is 6.09 Å². The van der Waals surface area contributed by atoms with Crippen molar-refractivity contribution in [3.63, 3.8) is 0 Å². The predicted octanol–water partition coefficient (Wildman–Crippen LogP) is 2.67. The van der Waals surface area contributed by atoms with Crippen molar-refractivity contribution in [2.75, 3.05) is 41.5 Å². The lowest BCUT2D eigenvalue weighted by Gasteiger charge is -2.24. The summed E-state index contributed by atoms with van der Waals surface area (Å²) >= 11 is 0. The summed E-state index contributed by atoms with van der Waals surface area (Å²) in [6.07, 6.45) is -0.335. The molecule has 0 saturated heterocycles. The number of methoxy groups -OCH3 is 3. The number of likely N-dealkylation sites (N-methyl/N-ethyl adjacent to an activating group) is 1. The van der Waals surface area contributed by atoms with Crippen molar-refractivity contribution in [2.24, 2.45) is 0 Å². The average molecular weight is 354 g/mol. The molecule has 0 radical (unpaired) electrons. The number of carbonyl (C=O) groups is 1. The summed E-state index contributed by atoms with van der Waals surface area (Å²) in [5, 5.41) is 3.29. The molecule has 0 aliphatic rings. The number of benzene rings is 1. The van der Waals surface area contributed by atoms with Crippen LogP contribution < -0.4 is 19.5 Å². The smallest absolute Gasteiger partial charge is 0.410 e. The Morgan fingerprint density at radius 2 is 1.60 bits per heavy atom. The maximum absolute atomic E-state index is 11.9. The standard InChI is InChI=1S/C18H30N2O5/c1-18(2,3)25-17(21)20(4)9-8-19-12-13-10-15(23-6)16(24-7)11-14(13)22-5/h10-11,19H,8-9,12H2,1-7H3. The van der Waals surface area contributed by atoms with Crippen LogP contribution in [0.25, 0.3) is 0 Å². The van der Waals surface area contributed by atoms with Crippen LogP contribution in [0.1, 0.15) is 26.3 Å². The molecule has 1 rings (SSSR count). The van der Waals surface area contributed by atoms with E-state index in [9.17, 15) is 4.79 Å². The van der Waals surface area contributed by atoms with Gasteiger partial charge in [-0.2, -0.15) is 0 Å². The van der Waals surface area contributed by atoms with Crippen LogP contribution in [-0.4, -0.2) is 58.1 Å². The largest absolute Gasteiger partial charge is 0.496 e. The normalized spacial score (nSPS) is 11.0. The van der Waals surface area contributed by atoms with E-state index in [-0.39, 0.29) is 6.09 Å². The Bertz CT molecular complexity index is 569. The van der Waals surface area contributed by atoms with Gasteiger partial charge in [-0.15, -0.1) is 0 Å². The second-order valence-corrected chi connectivity index (χ2v) is 6.60. The highest BCUT2D eigenvalue weighted by Gasteiger charge is 2.19. The molecule has 0 unspecified atom stereocenters. The summed E-state index contributed by atoms with van der Waals surface area (Å²) in [5.41, 5.74) is 0.450. The fourth-order valence-electron chi connectivity index (χ4n) is 2.13. The third-order valence-corrected chi connectivity index (χ3v) is 3.43. The molecule has 0 atom stereocenters. The molecular formula is C18H30N2O5. The van der Waals surface area contributed by atoms with Crippen LogP contribution in [0.3, 0.4) is 0 Å². The Labute approximate surface area is 150 Å². The number of hydrogen-bond donors (Lipinski definition) is 1. The Hall–Kier alpha value is -2.15. The van der Waals surface area contributed by atoms with Gasteiger partial charge in [0.2, 0.25) is 0 Å². The third kappa shape index (κ3) is 6.70. The molecule has 25 heavy (non-hydrogen) atoms. The van der Waals surface area contributed by atoms with Crippen LogP contribution >= 0.6 is 0 Å². The lowest BCUT2D eigenvalue weighted by atomic mass is 10.1. The van der Waals surface area contributed by atoms with E-state index >= 15 is 0 Å². The van der Waals surface area contributed by atoms with E-state index in [1.54, 1.807) is 39.3 Å². The molecular weight excluding hydrogens is 324 g/mol. The molecule has 0 saturated carbocycles. The highest BCUT2D eigenvalue weighted by atomic mass is 16.6. The molecule has 1 amide bonds. The fraction of sp³-hybridized carbons (Fsp3) is 0.611. The van der Waals surface area contributed by atoms with Gasteiger partial charge in [-0.1, -0.05) is 0 Å². The van der Waals surface area contributed by atoms with E-state index in [2.05, 4.69) is 5.32 Å². The molecule has 0 aliphatic heterocycles. The fourth-order valence-corrected chi connectivity index (χ4v) is 2.13. The summed E-state index contributed by atoms with van der Waals surface area (Å²) < 4.78 is 21.3. The molecule has 0 bridgehead atoms. The zero-order chi connectivity index (χ0) is 19.0. The summed E-state index contributed by atoms with van der Waals surface area (Å²) in [6, 6.07) is 3.67. The molecule has 1 aromatic carbocycles. The minimum absolute atomic E-state index is 0.335. The molecule has 0 heterocycles. The van der Waals surface area contributed by atoms with E-state index in [0.29, 0.717) is 36.9 Å². The van der Waals surface area contributed by atoms with Gasteiger partial charge in [0.15, 0.2) is 11.5 Å². The van der Waals surface area contributed by atoms with Gasteiger partial charge in [-0.3, -0.25) is 0 Å². The second kappa shape index (κ2) is 9.36. The Morgan fingerprint density at radius 1 is 1.04 bits per heavy atom. The number of nitrogens with zero attached hydrogens (tertiary/aromatic N) is 1. The van der Waals surface area contributed by atoms with Crippen molar-refractivity contribution < 1.29 is 23.7 Å². The molecule has 142 valence electrons. The zero-order valence-electron chi connectivity index (χ0n) is 16.3. The Balaban J connectivity index is 2.57. The first kappa shape index (κ1) is 20.9. The highest BCUT2D eigenvalue weighted by Crippen LogP contribution is 2.34. The second-order valence-electron chi connectivity index (χ2n) is 6.60. The predicted molar refractivity (Wildman–Crippen MR) is 96.7 cm³/mol. The van der Waals surface area contributed by atoms with Crippen molar-refractivity contribution in [1.29, 1.82) is 0 Å². The minimum Gasteiger partial charge on any atom is -0.496 e. The van der Waals surface area contributed by atoms with Crippen LogP contribution in [0.15, 0.2) is 12.1 Å². The number of ether oxygens (including phenoxy) is 4. The van der Waals surface area contributed by atoms with Gasteiger partial charge in [-0.05, 0) is 26.8 Å². The molecule has 0 spiro atoms. The molecule has 7 heteroatoms. The Kier molecular flexibility index (Phi) is 7.83. The monoisotopic (exact) mass is 354 g/mol. The lowest BCUT2D eigenvalue weighted by molar-refractivity contribution is 0.0300. The van der Waals surface area contributed by atoms with E-state index in [1.165, 1.54) is 0 Å². The third-order valence-electron chi connectivity index (χ3n) is 3.43. The molecule has 1 aromatic rings. The van der Waals surface area contributed by atoms with E-state index in [0.717, 1.165) is 5.56 Å². The topological polar surface area (TPSA) is 69.3 Å². The van der Waals surface area contributed by atoms with Gasteiger partial charge in [0.25, 0.3) is 0 Å². The number of hydrogen-bond acceptors (Lipinski definition) is 6. The lowest BCUT2D eigenvalue weighted by Crippen LogP contribution is -2.37. The molecule has 0 fully saturated rings. The van der Waals surface area contributed by atoms with E-state index < -0.39 is 5.60 Å². The zero-order valence-corrected chi connectivity index (χ0v) is 16.3. The van der Waals surface area contributed by atoms with E-state index in [4.69, 9.17) is 18.9 Å². The van der Waals surface area contributed by atoms with Gasteiger partial charge in [0, 0.05) is 38.3 Å². The van der Waals surface area contributed by atoms with Crippen LogP contribution in [0.2, 0.25) is 0 Å². The van der Waals surface area contributed by atoms with Gasteiger partial charge in [0.05, 0.1) is 21.3 Å². The molecule has 7 nitrogen and oxygen atoms in total. The van der Waals surface area contributed by atoms with Crippen molar-refractivity contribution in [3.8, 4) is 17.2 Å². The minimum atomic E-state index is -0.494. The summed E-state index contributed by atoms with van der Waals surface area (Å²) in [6.45, 7) is 7.27. The quantitative estimate of drug-likeness (QED) is 0.724. The van der Waals surface area contributed by atoms with Crippen molar-refractivity contribution in [3.05, 3.63) is 17.7 Å². The Morgan fingerprint density at radius 3 is 2.12 bits per heavy atom. The van der Waals surface area contributed by atoms with Gasteiger partial charge in [0.1, 0.15) is 11.4 Å². The van der Waals surface area contributed by atoms with Crippen LogP contribution in [0.5, 0.6) is 17.2 Å². The van der Waals surface area contributed by atoms with Gasteiger partial charge >= 0.3 is 6.09 Å². The maximum atomic E-state index is 11.9. The van der Waals surface area contributed by atoms with Crippen molar-refractivity contribution in [1.82, 2.24) is 10.2 Å². The van der Waals surface area contributed by atoms with Crippen molar-refractivity contribution in [2.45, 2.75) is 32.9 Å². The first-order valence-corrected chi connectivity index (χ1v) is 8.15. The maximum Gasteiger partial charge on any atom is 0.410 e. The number of nitrogens with one attached hydrogen (secondary N) is 1. The van der Waals surface area contributed by atoms with Gasteiger partial charge in [-0.25, -0.2) is 4.79 Å². The number of amides is 1.